The van der Waals surface area contributed by atoms with Crippen molar-refractivity contribution in [3.8, 4) is 5.75 Å². The first-order valence-corrected chi connectivity index (χ1v) is 8.48. The highest BCUT2D eigenvalue weighted by atomic mass is 16.5. The molecule has 2 rings (SSSR count). The number of hydrogen-bond acceptors (Lipinski definition) is 4. The molecule has 136 valence electrons. The third-order valence-corrected chi connectivity index (χ3v) is 3.70. The van der Waals surface area contributed by atoms with Crippen LogP contribution in [-0.2, 0) is 9.53 Å². The number of hydrogen-bond donors (Lipinski definition) is 2. The van der Waals surface area contributed by atoms with E-state index in [0.29, 0.717) is 18.1 Å². The Balaban J connectivity index is 2.35. The van der Waals surface area contributed by atoms with Crippen molar-refractivity contribution in [3.05, 3.63) is 42.1 Å². The molecule has 1 aromatic rings. The van der Waals surface area contributed by atoms with Gasteiger partial charge >= 0.3 is 12.0 Å². The second-order valence-electron chi connectivity index (χ2n) is 6.81. The van der Waals surface area contributed by atoms with Crippen LogP contribution in [-0.4, -0.2) is 24.7 Å². The third kappa shape index (κ3) is 4.75. The summed E-state index contributed by atoms with van der Waals surface area (Å²) in [5, 5.41) is 5.38. The third-order valence-electron chi connectivity index (χ3n) is 3.70. The van der Waals surface area contributed by atoms with Gasteiger partial charge in [-0.1, -0.05) is 38.6 Å². The molecule has 1 saturated heterocycles. The van der Waals surface area contributed by atoms with Crippen molar-refractivity contribution in [1.82, 2.24) is 10.6 Å². The van der Waals surface area contributed by atoms with Gasteiger partial charge < -0.3 is 20.1 Å². The highest BCUT2D eigenvalue weighted by Crippen LogP contribution is 2.35. The number of carbonyl (C=O) groups excluding carboxylic acids is 2. The van der Waals surface area contributed by atoms with Gasteiger partial charge in [-0.05, 0) is 25.8 Å². The lowest BCUT2D eigenvalue weighted by atomic mass is 9.88. The molecular weight excluding hydrogens is 320 g/mol. The molecule has 6 heteroatoms. The molecule has 1 aromatic carbocycles. The Morgan fingerprint density at radius 3 is 2.56 bits per heavy atom. The molecule has 1 fully saturated rings. The Bertz CT molecular complexity index is 655. The van der Waals surface area contributed by atoms with Crippen molar-refractivity contribution in [2.45, 2.75) is 39.8 Å². The number of nitrogens with one attached hydrogen (secondary N) is 2. The highest BCUT2D eigenvalue weighted by molar-refractivity contribution is 5.85. The predicted octanol–water partition coefficient (Wildman–Crippen LogP) is 3.16. The Kier molecular flexibility index (Phi) is 6.07. The number of benzene rings is 1. The summed E-state index contributed by atoms with van der Waals surface area (Å²) < 4.78 is 11.2. The molecule has 1 aliphatic rings. The van der Waals surface area contributed by atoms with Gasteiger partial charge in [0, 0.05) is 11.3 Å². The lowest BCUT2D eigenvalue weighted by molar-refractivity contribution is -0.149. The van der Waals surface area contributed by atoms with E-state index in [9.17, 15) is 9.59 Å². The van der Waals surface area contributed by atoms with E-state index in [1.165, 1.54) is 0 Å². The average molecular weight is 346 g/mol. The Hall–Kier alpha value is -2.50. The lowest BCUT2D eigenvalue weighted by Crippen LogP contribution is -2.51. The van der Waals surface area contributed by atoms with Crippen LogP contribution in [0, 0.1) is 11.8 Å². The van der Waals surface area contributed by atoms with Crippen LogP contribution in [0.3, 0.4) is 0 Å². The molecule has 0 spiro atoms. The van der Waals surface area contributed by atoms with E-state index < -0.39 is 24.0 Å². The van der Waals surface area contributed by atoms with Crippen molar-refractivity contribution in [3.63, 3.8) is 0 Å². The standard InChI is InChI=1S/C19H26N2O4/c1-11(2)10-24-18(22)16-13(5)20-19(23)21-17(16)14-8-6-7-9-15(14)25-12(3)4/h6-9,11-12,16-17H,5,10H2,1-4H3,(H2,20,21,23). The van der Waals surface area contributed by atoms with Crippen molar-refractivity contribution < 1.29 is 19.1 Å². The monoisotopic (exact) mass is 346 g/mol. The van der Waals surface area contributed by atoms with E-state index in [4.69, 9.17) is 9.47 Å². The normalized spacial score (nSPS) is 20.2. The van der Waals surface area contributed by atoms with Crippen LogP contribution < -0.4 is 15.4 Å². The molecule has 0 radical (unpaired) electrons. The smallest absolute Gasteiger partial charge is 0.319 e. The zero-order valence-corrected chi connectivity index (χ0v) is 15.2. The Morgan fingerprint density at radius 1 is 1.24 bits per heavy atom. The van der Waals surface area contributed by atoms with Crippen LogP contribution in [0.1, 0.15) is 39.3 Å². The Morgan fingerprint density at radius 2 is 1.92 bits per heavy atom. The average Bonchev–Trinajstić information content (AvgIpc) is 2.51. The van der Waals surface area contributed by atoms with Crippen LogP contribution in [0.5, 0.6) is 5.75 Å². The molecule has 2 N–H and O–H groups in total. The number of urea groups is 1. The number of carbonyl (C=O) groups is 2. The first kappa shape index (κ1) is 18.8. The SMILES string of the molecule is C=C1NC(=O)NC(c2ccccc2OC(C)C)C1C(=O)OCC(C)C. The minimum Gasteiger partial charge on any atom is -0.491 e. The summed E-state index contributed by atoms with van der Waals surface area (Å²) >= 11 is 0. The largest absolute Gasteiger partial charge is 0.491 e. The summed E-state index contributed by atoms with van der Waals surface area (Å²) in [4.78, 5) is 24.6. The van der Waals surface area contributed by atoms with Crippen LogP contribution in [0.15, 0.2) is 36.5 Å². The number of esters is 1. The summed E-state index contributed by atoms with van der Waals surface area (Å²) in [6.07, 6.45) is -0.0342. The van der Waals surface area contributed by atoms with Crippen molar-refractivity contribution in [2.75, 3.05) is 6.61 Å². The number of ether oxygens (including phenoxy) is 2. The molecule has 1 aliphatic heterocycles. The first-order chi connectivity index (χ1) is 11.8. The fourth-order valence-electron chi connectivity index (χ4n) is 2.66. The van der Waals surface area contributed by atoms with Crippen molar-refractivity contribution in [1.29, 1.82) is 0 Å². The van der Waals surface area contributed by atoms with Crippen LogP contribution in [0.25, 0.3) is 0 Å². The van der Waals surface area contributed by atoms with Gasteiger partial charge in [-0.2, -0.15) is 0 Å². The molecule has 0 aromatic heterocycles. The molecule has 25 heavy (non-hydrogen) atoms. The van der Waals surface area contributed by atoms with Gasteiger partial charge in [0.2, 0.25) is 0 Å². The molecule has 2 amide bonds. The van der Waals surface area contributed by atoms with Crippen LogP contribution in [0.4, 0.5) is 4.79 Å². The van der Waals surface area contributed by atoms with E-state index in [1.807, 2.05) is 52.0 Å². The fourth-order valence-corrected chi connectivity index (χ4v) is 2.66. The van der Waals surface area contributed by atoms with E-state index >= 15 is 0 Å². The molecule has 1 heterocycles. The van der Waals surface area contributed by atoms with E-state index in [-0.39, 0.29) is 12.0 Å². The minimum atomic E-state index is -0.728. The summed E-state index contributed by atoms with van der Waals surface area (Å²) in [7, 11) is 0. The summed E-state index contributed by atoms with van der Waals surface area (Å²) in [6, 6.07) is 6.35. The summed E-state index contributed by atoms with van der Waals surface area (Å²) in [5.41, 5.74) is 1.04. The fraction of sp³-hybridized carbons (Fsp3) is 0.474. The minimum absolute atomic E-state index is 0.0342. The summed E-state index contributed by atoms with van der Waals surface area (Å²) in [6.45, 7) is 11.9. The molecule has 2 atom stereocenters. The summed E-state index contributed by atoms with van der Waals surface area (Å²) in [5.74, 6) is -0.304. The maximum Gasteiger partial charge on any atom is 0.319 e. The van der Waals surface area contributed by atoms with Gasteiger partial charge in [0.1, 0.15) is 11.7 Å². The molecule has 2 unspecified atom stereocenters. The zero-order chi connectivity index (χ0) is 18.6. The second kappa shape index (κ2) is 8.05. The quantitative estimate of drug-likeness (QED) is 0.776. The zero-order valence-electron chi connectivity index (χ0n) is 15.2. The molecule has 0 saturated carbocycles. The molecule has 0 aliphatic carbocycles. The predicted molar refractivity (Wildman–Crippen MR) is 95.0 cm³/mol. The van der Waals surface area contributed by atoms with E-state index in [2.05, 4.69) is 17.2 Å². The lowest BCUT2D eigenvalue weighted by Gasteiger charge is -2.34. The highest BCUT2D eigenvalue weighted by Gasteiger charge is 2.40. The van der Waals surface area contributed by atoms with Gasteiger partial charge in [0.25, 0.3) is 0 Å². The number of para-hydroxylation sites is 1. The van der Waals surface area contributed by atoms with E-state index in [1.54, 1.807) is 0 Å². The van der Waals surface area contributed by atoms with E-state index in [0.717, 1.165) is 5.56 Å². The van der Waals surface area contributed by atoms with Gasteiger partial charge in [0.15, 0.2) is 0 Å². The topological polar surface area (TPSA) is 76.7 Å². The molecular formula is C19H26N2O4. The van der Waals surface area contributed by atoms with Crippen LogP contribution in [0.2, 0.25) is 0 Å². The molecule has 0 bridgehead atoms. The van der Waals surface area contributed by atoms with Gasteiger partial charge in [-0.25, -0.2) is 4.79 Å². The maximum absolute atomic E-state index is 12.6. The van der Waals surface area contributed by atoms with Gasteiger partial charge in [0.05, 0.1) is 18.8 Å². The van der Waals surface area contributed by atoms with Crippen molar-refractivity contribution in [2.24, 2.45) is 11.8 Å². The van der Waals surface area contributed by atoms with Crippen LogP contribution >= 0.6 is 0 Å². The van der Waals surface area contributed by atoms with Crippen molar-refractivity contribution >= 4 is 12.0 Å². The number of rotatable bonds is 6. The van der Waals surface area contributed by atoms with Gasteiger partial charge in [-0.3, -0.25) is 4.79 Å². The second-order valence-corrected chi connectivity index (χ2v) is 6.81. The first-order valence-electron chi connectivity index (χ1n) is 8.48. The maximum atomic E-state index is 12.6. The van der Waals surface area contributed by atoms with Gasteiger partial charge in [-0.15, -0.1) is 0 Å². The Labute approximate surface area is 148 Å². The molecule has 6 nitrogen and oxygen atoms in total. The number of amides is 2.